The maximum atomic E-state index is 13.9. The number of nitrogens with one attached hydrogen (secondary N) is 1. The molecule has 5 rings (SSSR count). The Kier molecular flexibility index (Phi) is 12.5. The van der Waals surface area contributed by atoms with Gasteiger partial charge in [-0.1, -0.05) is 41.4 Å². The van der Waals surface area contributed by atoms with Crippen molar-refractivity contribution in [2.24, 2.45) is 5.73 Å². The third kappa shape index (κ3) is 7.52. The molecule has 3 heterocycles. The Bertz CT molecular complexity index is 1620. The van der Waals surface area contributed by atoms with Crippen molar-refractivity contribution in [1.82, 2.24) is 19.5 Å². The molecule has 0 bridgehead atoms. The van der Waals surface area contributed by atoms with Gasteiger partial charge in [-0.2, -0.15) is 4.31 Å². The molecule has 240 valence electrons. The minimum atomic E-state index is -4.14. The van der Waals surface area contributed by atoms with Crippen LogP contribution in [-0.2, 0) is 26.2 Å². The SMILES string of the molecule is Cc1ccc2cccc(OCc3c(Cl)ccc(S(=O)(=O)N4CCC[C@H]4C(=O)NC4CCN(C(=O)CN)CC4)c3Cl)c2n1.Cl.Cl. The number of likely N-dealkylation sites (tertiary alicyclic amines) is 1. The van der Waals surface area contributed by atoms with Crippen LogP contribution in [0.3, 0.4) is 0 Å². The van der Waals surface area contributed by atoms with Gasteiger partial charge in [0, 0.05) is 47.3 Å². The first-order valence-corrected chi connectivity index (χ1v) is 16.1. The molecule has 2 saturated heterocycles. The van der Waals surface area contributed by atoms with E-state index in [2.05, 4.69) is 10.3 Å². The summed E-state index contributed by atoms with van der Waals surface area (Å²) < 4.78 is 35.0. The Balaban J connectivity index is 0.00000264. The predicted octanol–water partition coefficient (Wildman–Crippen LogP) is 4.49. The average Bonchev–Trinajstić information content (AvgIpc) is 3.48. The third-order valence-corrected chi connectivity index (χ3v) is 10.7. The quantitative estimate of drug-likeness (QED) is 0.353. The largest absolute Gasteiger partial charge is 0.487 e. The number of halogens is 4. The lowest BCUT2D eigenvalue weighted by atomic mass is 10.0. The van der Waals surface area contributed by atoms with Crippen LogP contribution in [0.4, 0.5) is 0 Å². The Hall–Kier alpha value is -2.38. The number of para-hydroxylation sites is 1. The molecule has 0 unspecified atom stereocenters. The standard InChI is InChI=1S/C29H33Cl2N5O5S.2ClH/c1-18-7-8-19-4-2-6-24(28(19)33-18)41-17-21-22(30)9-10-25(27(21)31)42(39,40)36-13-3-5-23(36)29(38)34-20-11-14-35(15-12-20)26(37)16-32;;/h2,4,6-10,20,23H,3,5,11-17,32H2,1H3,(H,34,38);2*1H/t23-;;/m0../s1. The number of piperidine rings is 1. The first kappa shape index (κ1) is 36.1. The summed E-state index contributed by atoms with van der Waals surface area (Å²) in [4.78, 5) is 31.2. The van der Waals surface area contributed by atoms with Gasteiger partial charge in [-0.3, -0.25) is 9.59 Å². The highest BCUT2D eigenvalue weighted by Gasteiger charge is 2.41. The summed E-state index contributed by atoms with van der Waals surface area (Å²) in [6.45, 7) is 2.94. The van der Waals surface area contributed by atoms with Crippen LogP contribution in [0.1, 0.15) is 36.9 Å². The molecule has 2 fully saturated rings. The molecule has 0 aliphatic carbocycles. The lowest BCUT2D eigenvalue weighted by Gasteiger charge is -2.33. The number of pyridine rings is 1. The van der Waals surface area contributed by atoms with E-state index in [4.69, 9.17) is 33.7 Å². The van der Waals surface area contributed by atoms with Crippen LogP contribution in [0.2, 0.25) is 10.0 Å². The molecule has 2 aliphatic heterocycles. The van der Waals surface area contributed by atoms with E-state index < -0.39 is 16.1 Å². The van der Waals surface area contributed by atoms with E-state index in [0.29, 0.717) is 55.6 Å². The van der Waals surface area contributed by atoms with Gasteiger partial charge in [-0.05, 0) is 56.9 Å². The van der Waals surface area contributed by atoms with Gasteiger partial charge in [0.1, 0.15) is 28.8 Å². The van der Waals surface area contributed by atoms with Crippen LogP contribution in [-0.4, -0.2) is 72.7 Å². The summed E-state index contributed by atoms with van der Waals surface area (Å²) >= 11 is 13.2. The molecule has 15 heteroatoms. The monoisotopic (exact) mass is 705 g/mol. The molecule has 44 heavy (non-hydrogen) atoms. The highest BCUT2D eigenvalue weighted by molar-refractivity contribution is 7.89. The minimum Gasteiger partial charge on any atom is -0.487 e. The summed E-state index contributed by atoms with van der Waals surface area (Å²) in [7, 11) is -4.14. The van der Waals surface area contributed by atoms with Gasteiger partial charge in [-0.15, -0.1) is 24.8 Å². The lowest BCUT2D eigenvalue weighted by Crippen LogP contribution is -2.52. The summed E-state index contributed by atoms with van der Waals surface area (Å²) in [5.74, 6) is 0.0412. The molecule has 1 atom stereocenters. The van der Waals surface area contributed by atoms with Crippen molar-refractivity contribution < 1.29 is 22.7 Å². The third-order valence-electron chi connectivity index (χ3n) is 7.81. The fraction of sp³-hybridized carbons (Fsp3) is 0.414. The van der Waals surface area contributed by atoms with E-state index in [0.717, 1.165) is 11.1 Å². The molecule has 2 aromatic carbocycles. The number of rotatable bonds is 8. The van der Waals surface area contributed by atoms with E-state index in [-0.39, 0.29) is 77.3 Å². The molecule has 0 radical (unpaired) electrons. The summed E-state index contributed by atoms with van der Waals surface area (Å²) in [5.41, 5.74) is 7.28. The van der Waals surface area contributed by atoms with Crippen molar-refractivity contribution in [3.8, 4) is 5.75 Å². The molecular formula is C29H35Cl4N5O5S. The van der Waals surface area contributed by atoms with Gasteiger partial charge in [0.15, 0.2) is 0 Å². The second-order valence-electron chi connectivity index (χ2n) is 10.5. The van der Waals surface area contributed by atoms with Crippen molar-refractivity contribution in [3.63, 3.8) is 0 Å². The molecule has 2 amide bonds. The number of nitrogens with zero attached hydrogens (tertiary/aromatic N) is 3. The second kappa shape index (κ2) is 15.3. The number of carbonyl (C=O) groups is 2. The maximum Gasteiger partial charge on any atom is 0.245 e. The van der Waals surface area contributed by atoms with E-state index in [1.54, 1.807) is 11.0 Å². The normalized spacial score (nSPS) is 17.5. The lowest BCUT2D eigenvalue weighted by molar-refractivity contribution is -0.131. The van der Waals surface area contributed by atoms with Crippen LogP contribution in [0.5, 0.6) is 5.75 Å². The van der Waals surface area contributed by atoms with E-state index in [1.807, 2.05) is 31.2 Å². The number of carbonyl (C=O) groups excluding carboxylic acids is 2. The highest BCUT2D eigenvalue weighted by atomic mass is 35.5. The van der Waals surface area contributed by atoms with Crippen LogP contribution in [0.25, 0.3) is 10.9 Å². The van der Waals surface area contributed by atoms with Crippen molar-refractivity contribution in [1.29, 1.82) is 0 Å². The second-order valence-corrected chi connectivity index (χ2v) is 13.2. The van der Waals surface area contributed by atoms with Crippen LogP contribution in [0, 0.1) is 6.92 Å². The average molecular weight is 708 g/mol. The molecule has 10 nitrogen and oxygen atoms in total. The number of hydrogen-bond acceptors (Lipinski definition) is 7. The molecule has 3 N–H and O–H groups in total. The zero-order chi connectivity index (χ0) is 30.0. The Labute approximate surface area is 279 Å². The van der Waals surface area contributed by atoms with Crippen LogP contribution in [0.15, 0.2) is 47.4 Å². The molecule has 2 aliphatic rings. The molecule has 1 aromatic heterocycles. The Morgan fingerprint density at radius 2 is 1.77 bits per heavy atom. The number of aromatic nitrogens is 1. The summed E-state index contributed by atoms with van der Waals surface area (Å²) in [6.07, 6.45) is 2.09. The van der Waals surface area contributed by atoms with Crippen LogP contribution >= 0.6 is 48.0 Å². The number of nitrogens with two attached hydrogens (primary N) is 1. The topological polar surface area (TPSA) is 135 Å². The molecule has 0 spiro atoms. The molecular weight excluding hydrogens is 672 g/mol. The zero-order valence-electron chi connectivity index (χ0n) is 24.0. The number of amides is 2. The molecule has 0 saturated carbocycles. The first-order chi connectivity index (χ1) is 20.1. The van der Waals surface area contributed by atoms with Gasteiger partial charge < -0.3 is 20.7 Å². The van der Waals surface area contributed by atoms with E-state index in [1.165, 1.54) is 16.4 Å². The minimum absolute atomic E-state index is 0. The van der Waals surface area contributed by atoms with Crippen LogP contribution < -0.4 is 15.8 Å². The fourth-order valence-electron chi connectivity index (χ4n) is 5.51. The molecule has 3 aromatic rings. The number of ether oxygens (including phenoxy) is 1. The summed E-state index contributed by atoms with van der Waals surface area (Å²) in [5, 5.41) is 4.11. The number of fused-ring (bicyclic) bond motifs is 1. The number of sulfonamides is 1. The highest BCUT2D eigenvalue weighted by Crippen LogP contribution is 2.36. The van der Waals surface area contributed by atoms with Crippen molar-refractivity contribution in [2.45, 2.75) is 56.2 Å². The first-order valence-electron chi connectivity index (χ1n) is 13.9. The Morgan fingerprint density at radius 3 is 2.48 bits per heavy atom. The maximum absolute atomic E-state index is 13.9. The van der Waals surface area contributed by atoms with E-state index >= 15 is 0 Å². The van der Waals surface area contributed by atoms with Gasteiger partial charge in [0.2, 0.25) is 21.8 Å². The smallest absolute Gasteiger partial charge is 0.245 e. The summed E-state index contributed by atoms with van der Waals surface area (Å²) in [6, 6.07) is 11.2. The van der Waals surface area contributed by atoms with Gasteiger partial charge in [-0.25, -0.2) is 13.4 Å². The van der Waals surface area contributed by atoms with Crippen molar-refractivity contribution in [3.05, 3.63) is 63.8 Å². The fourth-order valence-corrected chi connectivity index (χ4v) is 8.03. The number of benzene rings is 2. The number of aryl methyl sites for hydroxylation is 1. The van der Waals surface area contributed by atoms with Gasteiger partial charge in [0.05, 0.1) is 11.6 Å². The van der Waals surface area contributed by atoms with Gasteiger partial charge >= 0.3 is 0 Å². The number of hydrogen-bond donors (Lipinski definition) is 2. The predicted molar refractivity (Wildman–Crippen MR) is 175 cm³/mol. The zero-order valence-corrected chi connectivity index (χ0v) is 28.0. The van der Waals surface area contributed by atoms with E-state index in [9.17, 15) is 18.0 Å². The van der Waals surface area contributed by atoms with Gasteiger partial charge in [0.25, 0.3) is 0 Å². The van der Waals surface area contributed by atoms with Crippen molar-refractivity contribution >= 4 is 80.8 Å². The Morgan fingerprint density at radius 1 is 1.05 bits per heavy atom. The van der Waals surface area contributed by atoms with Crippen molar-refractivity contribution in [2.75, 3.05) is 26.2 Å².